The number of hydrogen-bond donors (Lipinski definition) is 2. The lowest BCUT2D eigenvalue weighted by atomic mass is 10.0. The first-order chi connectivity index (χ1) is 13.2. The van der Waals surface area contributed by atoms with Gasteiger partial charge in [0.25, 0.3) is 5.91 Å². The number of alkyl halides is 3. The summed E-state index contributed by atoms with van der Waals surface area (Å²) in [6.45, 7) is 0. The molecule has 3 aromatic rings. The highest BCUT2D eigenvalue weighted by Crippen LogP contribution is 2.31. The third-order valence-corrected chi connectivity index (χ3v) is 4.02. The summed E-state index contributed by atoms with van der Waals surface area (Å²) in [5.74, 6) is -1.12. The van der Waals surface area contributed by atoms with Gasteiger partial charge in [-0.2, -0.15) is 18.3 Å². The lowest BCUT2D eigenvalue weighted by Gasteiger charge is -2.09. The van der Waals surface area contributed by atoms with Gasteiger partial charge in [0.2, 0.25) is 5.91 Å². The van der Waals surface area contributed by atoms with Gasteiger partial charge in [-0.15, -0.1) is 0 Å². The molecule has 1 aromatic heterocycles. The highest BCUT2D eigenvalue weighted by molar-refractivity contribution is 6.07. The van der Waals surface area contributed by atoms with Gasteiger partial charge in [0.05, 0.1) is 5.56 Å². The van der Waals surface area contributed by atoms with Crippen LogP contribution in [0, 0.1) is 0 Å². The highest BCUT2D eigenvalue weighted by Gasteiger charge is 2.30. The first kappa shape index (κ1) is 19.2. The van der Waals surface area contributed by atoms with Gasteiger partial charge >= 0.3 is 6.18 Å². The predicted octanol–water partition coefficient (Wildman–Crippen LogP) is 3.46. The molecule has 0 aliphatic carbocycles. The van der Waals surface area contributed by atoms with Gasteiger partial charge in [0, 0.05) is 29.9 Å². The maximum atomic E-state index is 12.7. The minimum atomic E-state index is -4.48. The third kappa shape index (κ3) is 3.88. The molecule has 3 N–H and O–H groups in total. The van der Waals surface area contributed by atoms with E-state index in [-0.39, 0.29) is 16.9 Å². The molecule has 3 rings (SSSR count). The van der Waals surface area contributed by atoms with Crippen LogP contribution in [0.4, 0.5) is 19.0 Å². The Labute approximate surface area is 157 Å². The monoisotopic (exact) mass is 388 g/mol. The number of nitrogens with zero attached hydrogens (tertiary/aromatic N) is 2. The van der Waals surface area contributed by atoms with Crippen molar-refractivity contribution in [1.82, 2.24) is 9.78 Å². The molecule has 2 aromatic carbocycles. The fourth-order valence-corrected chi connectivity index (χ4v) is 2.70. The number of carbonyl (C=O) groups is 2. The molecule has 0 aliphatic heterocycles. The zero-order chi connectivity index (χ0) is 20.5. The minimum absolute atomic E-state index is 0.0350. The number of aromatic nitrogens is 2. The minimum Gasteiger partial charge on any atom is -0.366 e. The topological polar surface area (TPSA) is 90.0 Å². The second kappa shape index (κ2) is 7.18. The normalized spacial score (nSPS) is 11.3. The van der Waals surface area contributed by atoms with Crippen LogP contribution in [0.5, 0.6) is 0 Å². The number of carbonyl (C=O) groups excluding carboxylic acids is 2. The molecule has 9 heteroatoms. The molecular weight excluding hydrogens is 373 g/mol. The number of primary amides is 1. The van der Waals surface area contributed by atoms with Crippen LogP contribution in [0.1, 0.15) is 26.3 Å². The molecule has 0 spiro atoms. The zero-order valence-electron chi connectivity index (χ0n) is 14.6. The molecule has 0 saturated carbocycles. The average molecular weight is 388 g/mol. The zero-order valence-corrected chi connectivity index (χ0v) is 14.6. The van der Waals surface area contributed by atoms with Gasteiger partial charge in [-0.25, -0.2) is 0 Å². The van der Waals surface area contributed by atoms with Crippen LogP contribution < -0.4 is 11.1 Å². The van der Waals surface area contributed by atoms with Crippen molar-refractivity contribution in [2.45, 2.75) is 6.18 Å². The van der Waals surface area contributed by atoms with Gasteiger partial charge in [-0.1, -0.05) is 18.2 Å². The number of benzene rings is 2. The van der Waals surface area contributed by atoms with Gasteiger partial charge in [-0.05, 0) is 35.9 Å². The Morgan fingerprint density at radius 2 is 1.68 bits per heavy atom. The fraction of sp³-hybridized carbons (Fsp3) is 0.105. The van der Waals surface area contributed by atoms with Crippen molar-refractivity contribution >= 4 is 17.6 Å². The predicted molar refractivity (Wildman–Crippen MR) is 96.6 cm³/mol. The second-order valence-corrected chi connectivity index (χ2v) is 6.00. The van der Waals surface area contributed by atoms with E-state index < -0.39 is 23.6 Å². The number of halogens is 3. The SMILES string of the molecule is Cn1cc(-c2ccccc2C(N)=O)c(NC(=O)c2ccc(C(F)(F)F)cc2)n1. The van der Waals surface area contributed by atoms with Crippen LogP contribution in [-0.2, 0) is 13.2 Å². The maximum absolute atomic E-state index is 12.7. The van der Waals surface area contributed by atoms with Gasteiger partial charge in [-0.3, -0.25) is 14.3 Å². The summed E-state index contributed by atoms with van der Waals surface area (Å²) in [7, 11) is 1.63. The van der Waals surface area contributed by atoms with Gasteiger partial charge in [0.15, 0.2) is 5.82 Å². The van der Waals surface area contributed by atoms with E-state index in [9.17, 15) is 22.8 Å². The summed E-state index contributed by atoms with van der Waals surface area (Å²) in [6.07, 6.45) is -2.88. The van der Waals surface area contributed by atoms with Crippen molar-refractivity contribution in [2.24, 2.45) is 12.8 Å². The molecule has 2 amide bonds. The second-order valence-electron chi connectivity index (χ2n) is 6.00. The van der Waals surface area contributed by atoms with E-state index in [1.165, 1.54) is 4.68 Å². The van der Waals surface area contributed by atoms with Crippen LogP contribution in [0.2, 0.25) is 0 Å². The summed E-state index contributed by atoms with van der Waals surface area (Å²) in [5, 5.41) is 6.73. The Bertz CT molecular complexity index is 1040. The van der Waals surface area contributed by atoms with E-state index in [1.807, 2.05) is 0 Å². The van der Waals surface area contributed by atoms with Crippen molar-refractivity contribution in [1.29, 1.82) is 0 Å². The van der Waals surface area contributed by atoms with Crippen LogP contribution >= 0.6 is 0 Å². The molecule has 0 unspecified atom stereocenters. The highest BCUT2D eigenvalue weighted by atomic mass is 19.4. The molecule has 28 heavy (non-hydrogen) atoms. The number of aryl methyl sites for hydroxylation is 1. The van der Waals surface area contributed by atoms with E-state index in [0.29, 0.717) is 11.1 Å². The van der Waals surface area contributed by atoms with E-state index in [2.05, 4.69) is 10.4 Å². The number of nitrogens with two attached hydrogens (primary N) is 1. The molecule has 6 nitrogen and oxygen atoms in total. The summed E-state index contributed by atoms with van der Waals surface area (Å²) in [6, 6.07) is 10.4. The molecule has 0 fully saturated rings. The molecule has 0 atom stereocenters. The summed E-state index contributed by atoms with van der Waals surface area (Å²) in [4.78, 5) is 24.1. The first-order valence-corrected chi connectivity index (χ1v) is 8.08. The number of amides is 2. The van der Waals surface area contributed by atoms with Crippen LogP contribution in [0.25, 0.3) is 11.1 Å². The largest absolute Gasteiger partial charge is 0.416 e. The number of hydrogen-bond acceptors (Lipinski definition) is 3. The van der Waals surface area contributed by atoms with E-state index in [4.69, 9.17) is 5.73 Å². The van der Waals surface area contributed by atoms with E-state index in [0.717, 1.165) is 24.3 Å². The standard InChI is InChI=1S/C19H15F3N4O2/c1-26-10-15(13-4-2-3-5-14(13)16(23)27)17(25-26)24-18(28)11-6-8-12(9-7-11)19(20,21)22/h2-10H,1H3,(H2,23,27)(H,24,25,28). The lowest BCUT2D eigenvalue weighted by molar-refractivity contribution is -0.137. The number of nitrogens with one attached hydrogen (secondary N) is 1. The van der Waals surface area contributed by atoms with Crippen LogP contribution in [-0.4, -0.2) is 21.6 Å². The molecule has 0 bridgehead atoms. The van der Waals surface area contributed by atoms with Crippen molar-refractivity contribution in [3.8, 4) is 11.1 Å². The Balaban J connectivity index is 1.92. The Morgan fingerprint density at radius 3 is 2.29 bits per heavy atom. The third-order valence-electron chi connectivity index (χ3n) is 4.02. The first-order valence-electron chi connectivity index (χ1n) is 8.08. The van der Waals surface area contributed by atoms with E-state index >= 15 is 0 Å². The molecular formula is C19H15F3N4O2. The fourth-order valence-electron chi connectivity index (χ4n) is 2.70. The average Bonchev–Trinajstić information content (AvgIpc) is 3.01. The molecule has 0 saturated heterocycles. The van der Waals surface area contributed by atoms with Crippen LogP contribution in [0.3, 0.4) is 0 Å². The van der Waals surface area contributed by atoms with Gasteiger partial charge in [0.1, 0.15) is 0 Å². The van der Waals surface area contributed by atoms with Crippen molar-refractivity contribution in [3.63, 3.8) is 0 Å². The molecule has 0 aliphatic rings. The smallest absolute Gasteiger partial charge is 0.366 e. The van der Waals surface area contributed by atoms with Crippen molar-refractivity contribution < 1.29 is 22.8 Å². The summed E-state index contributed by atoms with van der Waals surface area (Å²) < 4.78 is 39.4. The van der Waals surface area contributed by atoms with Gasteiger partial charge < -0.3 is 11.1 Å². The molecule has 144 valence electrons. The van der Waals surface area contributed by atoms with Crippen molar-refractivity contribution in [3.05, 3.63) is 71.4 Å². The lowest BCUT2D eigenvalue weighted by Crippen LogP contribution is -2.15. The molecule has 0 radical (unpaired) electrons. The Hall–Kier alpha value is -3.62. The van der Waals surface area contributed by atoms with Crippen molar-refractivity contribution in [2.75, 3.05) is 5.32 Å². The quantitative estimate of drug-likeness (QED) is 0.717. The molecule has 1 heterocycles. The Kier molecular flexibility index (Phi) is 4.91. The van der Waals surface area contributed by atoms with E-state index in [1.54, 1.807) is 37.5 Å². The number of anilines is 1. The maximum Gasteiger partial charge on any atom is 0.416 e. The van der Waals surface area contributed by atoms with Crippen LogP contribution in [0.15, 0.2) is 54.7 Å². The Morgan fingerprint density at radius 1 is 1.04 bits per heavy atom. The summed E-state index contributed by atoms with van der Waals surface area (Å²) in [5.41, 5.74) is 5.77. The number of rotatable bonds is 4. The summed E-state index contributed by atoms with van der Waals surface area (Å²) >= 11 is 0.